The van der Waals surface area contributed by atoms with E-state index in [1.54, 1.807) is 0 Å². The molecule has 0 bridgehead atoms. The lowest BCUT2D eigenvalue weighted by molar-refractivity contribution is -0.119. The van der Waals surface area contributed by atoms with Crippen molar-refractivity contribution in [2.45, 2.75) is 44.9 Å². The van der Waals surface area contributed by atoms with E-state index in [0.29, 0.717) is 5.92 Å². The van der Waals surface area contributed by atoms with E-state index in [9.17, 15) is 4.79 Å². The van der Waals surface area contributed by atoms with E-state index in [2.05, 4.69) is 40.1 Å². The lowest BCUT2D eigenvalue weighted by Gasteiger charge is -2.22. The summed E-state index contributed by atoms with van der Waals surface area (Å²) in [5.41, 5.74) is 6.82. The molecule has 1 aliphatic carbocycles. The molecule has 136 valence electrons. The highest BCUT2D eigenvalue weighted by molar-refractivity contribution is 5.99. The van der Waals surface area contributed by atoms with Crippen LogP contribution in [-0.4, -0.2) is 18.2 Å². The predicted octanol–water partition coefficient (Wildman–Crippen LogP) is 4.69. The molecule has 2 N–H and O–H groups in total. The highest BCUT2D eigenvalue weighted by Crippen LogP contribution is 2.32. The Morgan fingerprint density at radius 2 is 1.69 bits per heavy atom. The molecule has 1 amide bonds. The third-order valence-electron chi connectivity index (χ3n) is 4.98. The molecular weight excluding hydrogens is 322 g/mol. The van der Waals surface area contributed by atoms with Gasteiger partial charge in [0.1, 0.15) is 0 Å². The summed E-state index contributed by atoms with van der Waals surface area (Å²) < 4.78 is 0. The van der Waals surface area contributed by atoms with E-state index < -0.39 is 0 Å². The molecule has 0 radical (unpaired) electrons. The molecule has 2 aromatic rings. The standard InChI is InChI=1S/C22H27N3O/c1-17(24-25-22(26)16-23-21-10-6-3-7-11-21)18-12-14-20(15-13-18)19-8-4-2-5-9-19/h3,6-7,10-15,19,23H,2,4-5,8-9,16H2,1H3,(H,25,26)/b24-17+. The van der Waals surface area contributed by atoms with Gasteiger partial charge < -0.3 is 5.32 Å². The van der Waals surface area contributed by atoms with Gasteiger partial charge in [0.25, 0.3) is 5.91 Å². The average molecular weight is 349 g/mol. The van der Waals surface area contributed by atoms with Crippen molar-refractivity contribution in [3.8, 4) is 0 Å². The van der Waals surface area contributed by atoms with E-state index in [1.807, 2.05) is 37.3 Å². The number of rotatable bonds is 6. The minimum atomic E-state index is -0.160. The largest absolute Gasteiger partial charge is 0.376 e. The molecule has 0 aromatic heterocycles. The second kappa shape index (κ2) is 9.18. The summed E-state index contributed by atoms with van der Waals surface area (Å²) in [5.74, 6) is 0.547. The van der Waals surface area contributed by atoms with Gasteiger partial charge in [-0.3, -0.25) is 4.79 Å². The molecule has 0 spiro atoms. The van der Waals surface area contributed by atoms with Crippen LogP contribution in [0, 0.1) is 0 Å². The second-order valence-corrected chi connectivity index (χ2v) is 6.91. The quantitative estimate of drug-likeness (QED) is 0.587. The van der Waals surface area contributed by atoms with Gasteiger partial charge in [0.2, 0.25) is 0 Å². The Bertz CT molecular complexity index is 732. The maximum atomic E-state index is 11.9. The number of nitrogens with one attached hydrogen (secondary N) is 2. The number of para-hydroxylation sites is 1. The summed E-state index contributed by atoms with van der Waals surface area (Å²) in [6.45, 7) is 2.11. The minimum Gasteiger partial charge on any atom is -0.376 e. The first-order chi connectivity index (χ1) is 12.7. The van der Waals surface area contributed by atoms with Crippen LogP contribution in [0.3, 0.4) is 0 Å². The van der Waals surface area contributed by atoms with Gasteiger partial charge in [0, 0.05) is 5.69 Å². The Kier molecular flexibility index (Phi) is 6.42. The third kappa shape index (κ3) is 5.19. The number of hydrogen-bond acceptors (Lipinski definition) is 3. The Balaban J connectivity index is 1.51. The fraction of sp³-hybridized carbons (Fsp3) is 0.364. The van der Waals surface area contributed by atoms with Crippen LogP contribution in [0.15, 0.2) is 59.7 Å². The molecule has 0 saturated heterocycles. The van der Waals surface area contributed by atoms with Crippen molar-refractivity contribution in [1.29, 1.82) is 0 Å². The molecule has 1 fully saturated rings. The number of hydrogen-bond donors (Lipinski definition) is 2. The van der Waals surface area contributed by atoms with Gasteiger partial charge >= 0.3 is 0 Å². The van der Waals surface area contributed by atoms with Gasteiger partial charge in [0.15, 0.2) is 0 Å². The maximum absolute atomic E-state index is 11.9. The number of carbonyl (C=O) groups is 1. The molecule has 0 atom stereocenters. The normalized spacial score (nSPS) is 15.5. The molecule has 4 nitrogen and oxygen atoms in total. The van der Waals surface area contributed by atoms with Crippen LogP contribution in [0.1, 0.15) is 56.1 Å². The summed E-state index contributed by atoms with van der Waals surface area (Å²) in [4.78, 5) is 11.9. The van der Waals surface area contributed by atoms with Crippen molar-refractivity contribution < 1.29 is 4.79 Å². The molecule has 1 saturated carbocycles. The number of nitrogens with zero attached hydrogens (tertiary/aromatic N) is 1. The first kappa shape index (κ1) is 18.2. The first-order valence-electron chi connectivity index (χ1n) is 9.45. The summed E-state index contributed by atoms with van der Waals surface area (Å²) in [6.07, 6.45) is 6.67. The van der Waals surface area contributed by atoms with Crippen molar-refractivity contribution in [1.82, 2.24) is 5.43 Å². The summed E-state index contributed by atoms with van der Waals surface area (Å²) >= 11 is 0. The number of hydrazone groups is 1. The van der Waals surface area contributed by atoms with Crippen LogP contribution in [0.4, 0.5) is 5.69 Å². The van der Waals surface area contributed by atoms with Crippen molar-refractivity contribution >= 4 is 17.3 Å². The van der Waals surface area contributed by atoms with E-state index in [0.717, 1.165) is 17.0 Å². The van der Waals surface area contributed by atoms with Crippen LogP contribution >= 0.6 is 0 Å². The number of anilines is 1. The van der Waals surface area contributed by atoms with Gasteiger partial charge in [-0.15, -0.1) is 0 Å². The van der Waals surface area contributed by atoms with Gasteiger partial charge in [0.05, 0.1) is 12.3 Å². The van der Waals surface area contributed by atoms with Crippen molar-refractivity contribution in [2.75, 3.05) is 11.9 Å². The lowest BCUT2D eigenvalue weighted by Crippen LogP contribution is -2.26. The van der Waals surface area contributed by atoms with Crippen molar-refractivity contribution in [3.63, 3.8) is 0 Å². The lowest BCUT2D eigenvalue weighted by atomic mass is 9.84. The third-order valence-corrected chi connectivity index (χ3v) is 4.98. The monoisotopic (exact) mass is 349 g/mol. The molecule has 0 aliphatic heterocycles. The van der Waals surface area contributed by atoms with Crippen LogP contribution in [0.25, 0.3) is 0 Å². The fourth-order valence-electron chi connectivity index (χ4n) is 3.42. The predicted molar refractivity (Wildman–Crippen MR) is 108 cm³/mol. The molecular formula is C22H27N3O. The molecule has 4 heteroatoms. The van der Waals surface area contributed by atoms with Crippen molar-refractivity contribution in [3.05, 3.63) is 65.7 Å². The van der Waals surface area contributed by atoms with Gasteiger partial charge in [-0.05, 0) is 48.9 Å². The first-order valence-corrected chi connectivity index (χ1v) is 9.45. The Labute approximate surface area is 155 Å². The fourth-order valence-corrected chi connectivity index (χ4v) is 3.42. The average Bonchev–Trinajstić information content (AvgIpc) is 2.72. The van der Waals surface area contributed by atoms with Crippen molar-refractivity contribution in [2.24, 2.45) is 5.10 Å². The zero-order chi connectivity index (χ0) is 18.2. The number of amides is 1. The highest BCUT2D eigenvalue weighted by atomic mass is 16.2. The molecule has 0 heterocycles. The number of carbonyl (C=O) groups excluding carboxylic acids is 1. The Morgan fingerprint density at radius 1 is 1.00 bits per heavy atom. The van der Waals surface area contributed by atoms with E-state index in [1.165, 1.54) is 37.7 Å². The highest BCUT2D eigenvalue weighted by Gasteiger charge is 2.15. The minimum absolute atomic E-state index is 0.160. The maximum Gasteiger partial charge on any atom is 0.259 e. The zero-order valence-corrected chi connectivity index (χ0v) is 15.4. The van der Waals surface area contributed by atoms with E-state index >= 15 is 0 Å². The molecule has 26 heavy (non-hydrogen) atoms. The smallest absolute Gasteiger partial charge is 0.259 e. The van der Waals surface area contributed by atoms with E-state index in [-0.39, 0.29) is 12.5 Å². The molecule has 0 unspecified atom stereocenters. The zero-order valence-electron chi connectivity index (χ0n) is 15.4. The summed E-state index contributed by atoms with van der Waals surface area (Å²) in [6, 6.07) is 18.3. The van der Waals surface area contributed by atoms with Crippen LogP contribution in [0.2, 0.25) is 0 Å². The van der Waals surface area contributed by atoms with Crippen LogP contribution in [-0.2, 0) is 4.79 Å². The molecule has 3 rings (SSSR count). The summed E-state index contributed by atoms with van der Waals surface area (Å²) in [7, 11) is 0. The SMILES string of the molecule is C/C(=N\NC(=O)CNc1ccccc1)c1ccc(C2CCCCC2)cc1. The van der Waals surface area contributed by atoms with Gasteiger partial charge in [-0.2, -0.15) is 5.10 Å². The van der Waals surface area contributed by atoms with Gasteiger partial charge in [-0.25, -0.2) is 5.43 Å². The van der Waals surface area contributed by atoms with Gasteiger partial charge in [-0.1, -0.05) is 61.7 Å². The molecule has 1 aliphatic rings. The number of benzene rings is 2. The Morgan fingerprint density at radius 3 is 2.38 bits per heavy atom. The van der Waals surface area contributed by atoms with Crippen LogP contribution in [0.5, 0.6) is 0 Å². The Hall–Kier alpha value is -2.62. The second-order valence-electron chi connectivity index (χ2n) is 6.91. The van der Waals surface area contributed by atoms with Crippen LogP contribution < -0.4 is 10.7 Å². The summed E-state index contributed by atoms with van der Waals surface area (Å²) in [5, 5.41) is 7.30. The molecule has 2 aromatic carbocycles. The topological polar surface area (TPSA) is 53.5 Å². The van der Waals surface area contributed by atoms with E-state index in [4.69, 9.17) is 0 Å².